The van der Waals surface area contributed by atoms with Gasteiger partial charge in [-0.2, -0.15) is 0 Å². The van der Waals surface area contributed by atoms with Crippen molar-refractivity contribution in [3.05, 3.63) is 59.9 Å². The molecule has 3 rings (SSSR count). The Morgan fingerprint density at radius 1 is 1.32 bits per heavy atom. The molecule has 1 aliphatic rings. The van der Waals surface area contributed by atoms with Crippen molar-refractivity contribution in [1.82, 2.24) is 10.3 Å². The van der Waals surface area contributed by atoms with Crippen molar-refractivity contribution in [2.75, 3.05) is 6.61 Å². The van der Waals surface area contributed by atoms with E-state index in [0.717, 1.165) is 13.0 Å². The molecule has 1 aromatic heterocycles. The van der Waals surface area contributed by atoms with Gasteiger partial charge < -0.3 is 15.8 Å². The first-order chi connectivity index (χ1) is 12.0. The zero-order valence-corrected chi connectivity index (χ0v) is 14.7. The maximum Gasteiger partial charge on any atom is 0.255 e. The SMILES string of the molecule is CC1(C)C(NCc2ccc(OCC(N)=O)cc2)CC1c1cccnc1. The number of rotatable bonds is 7. The number of hydrogen-bond donors (Lipinski definition) is 2. The summed E-state index contributed by atoms with van der Waals surface area (Å²) in [7, 11) is 0. The summed E-state index contributed by atoms with van der Waals surface area (Å²) < 4.78 is 5.28. The third-order valence-corrected chi connectivity index (χ3v) is 5.21. The van der Waals surface area contributed by atoms with Crippen LogP contribution < -0.4 is 15.8 Å². The number of pyridine rings is 1. The van der Waals surface area contributed by atoms with Gasteiger partial charge in [0.05, 0.1) is 0 Å². The van der Waals surface area contributed by atoms with Crippen LogP contribution in [-0.4, -0.2) is 23.5 Å². The predicted octanol–water partition coefficient (Wildman–Crippen LogP) is 2.62. The molecule has 2 aromatic rings. The monoisotopic (exact) mass is 339 g/mol. The lowest BCUT2D eigenvalue weighted by atomic mass is 9.56. The number of nitrogens with two attached hydrogens (primary N) is 1. The van der Waals surface area contributed by atoms with E-state index in [4.69, 9.17) is 10.5 Å². The van der Waals surface area contributed by atoms with Crippen LogP contribution in [0.25, 0.3) is 0 Å². The molecule has 1 aliphatic carbocycles. The zero-order chi connectivity index (χ0) is 17.9. The lowest BCUT2D eigenvalue weighted by molar-refractivity contribution is -0.119. The fourth-order valence-corrected chi connectivity index (χ4v) is 3.52. The van der Waals surface area contributed by atoms with E-state index in [2.05, 4.69) is 30.2 Å². The van der Waals surface area contributed by atoms with Crippen LogP contribution in [-0.2, 0) is 11.3 Å². The molecule has 5 nitrogen and oxygen atoms in total. The third-order valence-electron chi connectivity index (χ3n) is 5.21. The lowest BCUT2D eigenvalue weighted by Crippen LogP contribution is -2.55. The van der Waals surface area contributed by atoms with Crippen LogP contribution in [0.1, 0.15) is 37.3 Å². The van der Waals surface area contributed by atoms with Crippen molar-refractivity contribution >= 4 is 5.91 Å². The molecule has 0 bridgehead atoms. The van der Waals surface area contributed by atoms with E-state index in [1.165, 1.54) is 11.1 Å². The van der Waals surface area contributed by atoms with E-state index >= 15 is 0 Å². The van der Waals surface area contributed by atoms with Crippen molar-refractivity contribution in [1.29, 1.82) is 0 Å². The van der Waals surface area contributed by atoms with E-state index < -0.39 is 5.91 Å². The van der Waals surface area contributed by atoms with Crippen LogP contribution in [0.4, 0.5) is 0 Å². The van der Waals surface area contributed by atoms with Crippen molar-refractivity contribution in [3.63, 3.8) is 0 Å². The number of carbonyl (C=O) groups excluding carboxylic acids is 1. The number of hydrogen-bond acceptors (Lipinski definition) is 4. The van der Waals surface area contributed by atoms with Gasteiger partial charge in [-0.1, -0.05) is 32.0 Å². The van der Waals surface area contributed by atoms with Crippen molar-refractivity contribution < 1.29 is 9.53 Å². The molecule has 0 saturated heterocycles. The number of primary amides is 1. The molecule has 2 atom stereocenters. The predicted molar refractivity (Wildman–Crippen MR) is 97.1 cm³/mol. The van der Waals surface area contributed by atoms with Gasteiger partial charge in [-0.25, -0.2) is 0 Å². The molecule has 5 heteroatoms. The number of carbonyl (C=O) groups is 1. The van der Waals surface area contributed by atoms with Crippen LogP contribution in [0.3, 0.4) is 0 Å². The van der Waals surface area contributed by atoms with E-state index in [1.54, 1.807) is 0 Å². The highest BCUT2D eigenvalue weighted by Gasteiger charge is 2.48. The first-order valence-electron chi connectivity index (χ1n) is 8.60. The van der Waals surface area contributed by atoms with Crippen LogP contribution in [0.5, 0.6) is 5.75 Å². The van der Waals surface area contributed by atoms with Gasteiger partial charge in [-0.15, -0.1) is 0 Å². The zero-order valence-electron chi connectivity index (χ0n) is 14.7. The summed E-state index contributed by atoms with van der Waals surface area (Å²) in [4.78, 5) is 15.0. The first-order valence-corrected chi connectivity index (χ1v) is 8.60. The number of nitrogens with zero attached hydrogens (tertiary/aromatic N) is 1. The van der Waals surface area contributed by atoms with E-state index in [0.29, 0.717) is 17.7 Å². The Labute approximate surface area is 148 Å². The molecule has 1 aromatic carbocycles. The minimum atomic E-state index is -0.471. The molecule has 25 heavy (non-hydrogen) atoms. The molecule has 1 heterocycles. The number of amides is 1. The molecule has 132 valence electrons. The molecule has 1 amide bonds. The van der Waals surface area contributed by atoms with Gasteiger partial charge in [-0.05, 0) is 47.1 Å². The second kappa shape index (κ2) is 7.23. The van der Waals surface area contributed by atoms with E-state index in [-0.39, 0.29) is 12.0 Å². The normalized spacial score (nSPS) is 21.4. The van der Waals surface area contributed by atoms with E-state index in [1.807, 2.05) is 42.7 Å². The average molecular weight is 339 g/mol. The smallest absolute Gasteiger partial charge is 0.255 e. The first kappa shape index (κ1) is 17.4. The molecule has 1 saturated carbocycles. The Hall–Kier alpha value is -2.40. The minimum absolute atomic E-state index is 0.0937. The standard InChI is InChI=1S/C20H25N3O2/c1-20(2)17(15-4-3-9-22-12-15)10-18(20)23-11-14-5-7-16(8-6-14)25-13-19(21)24/h3-9,12,17-18,23H,10-11,13H2,1-2H3,(H2,21,24). The van der Waals surface area contributed by atoms with Crippen LogP contribution in [0.15, 0.2) is 48.8 Å². The molecule has 0 radical (unpaired) electrons. The Morgan fingerprint density at radius 3 is 2.68 bits per heavy atom. The van der Waals surface area contributed by atoms with Crippen LogP contribution in [0.2, 0.25) is 0 Å². The largest absolute Gasteiger partial charge is 0.484 e. The molecule has 3 N–H and O–H groups in total. The number of ether oxygens (including phenoxy) is 1. The molecule has 2 unspecified atom stereocenters. The molecule has 0 aliphatic heterocycles. The van der Waals surface area contributed by atoms with Gasteiger partial charge in [-0.3, -0.25) is 9.78 Å². The maximum atomic E-state index is 10.7. The summed E-state index contributed by atoms with van der Waals surface area (Å²) in [6.45, 7) is 5.34. The number of benzene rings is 1. The summed E-state index contributed by atoms with van der Waals surface area (Å²) in [5, 5.41) is 3.66. The fraction of sp³-hybridized carbons (Fsp3) is 0.400. The lowest BCUT2D eigenvalue weighted by Gasteiger charge is -2.53. The second-order valence-corrected chi connectivity index (χ2v) is 7.23. The highest BCUT2D eigenvalue weighted by atomic mass is 16.5. The third kappa shape index (κ3) is 3.99. The van der Waals surface area contributed by atoms with Gasteiger partial charge in [0.25, 0.3) is 5.91 Å². The van der Waals surface area contributed by atoms with E-state index in [9.17, 15) is 4.79 Å². The Balaban J connectivity index is 1.52. The van der Waals surface area contributed by atoms with Crippen molar-refractivity contribution in [2.24, 2.45) is 11.1 Å². The Bertz CT molecular complexity index is 713. The average Bonchev–Trinajstić information content (AvgIpc) is 2.61. The van der Waals surface area contributed by atoms with Gasteiger partial charge in [0, 0.05) is 25.0 Å². The summed E-state index contributed by atoms with van der Waals surface area (Å²) in [6, 6.07) is 12.4. The Kier molecular flexibility index (Phi) is 5.04. The van der Waals surface area contributed by atoms with Gasteiger partial charge >= 0.3 is 0 Å². The summed E-state index contributed by atoms with van der Waals surface area (Å²) >= 11 is 0. The van der Waals surface area contributed by atoms with Gasteiger partial charge in [0.15, 0.2) is 6.61 Å². The molecular formula is C20H25N3O2. The molecule has 1 fully saturated rings. The summed E-state index contributed by atoms with van der Waals surface area (Å²) in [5.74, 6) is 0.729. The minimum Gasteiger partial charge on any atom is -0.484 e. The van der Waals surface area contributed by atoms with Crippen molar-refractivity contribution in [2.45, 2.75) is 38.8 Å². The topological polar surface area (TPSA) is 77.2 Å². The maximum absolute atomic E-state index is 10.7. The summed E-state index contributed by atoms with van der Waals surface area (Å²) in [6.07, 6.45) is 4.92. The molecule has 0 spiro atoms. The van der Waals surface area contributed by atoms with Crippen LogP contribution >= 0.6 is 0 Å². The number of aromatic nitrogens is 1. The molecular weight excluding hydrogens is 314 g/mol. The highest BCUT2D eigenvalue weighted by Crippen LogP contribution is 2.52. The summed E-state index contributed by atoms with van der Waals surface area (Å²) in [5.41, 5.74) is 7.78. The number of nitrogens with one attached hydrogen (secondary N) is 1. The van der Waals surface area contributed by atoms with Crippen LogP contribution in [0, 0.1) is 5.41 Å². The quantitative estimate of drug-likeness (QED) is 0.813. The van der Waals surface area contributed by atoms with Gasteiger partial charge in [0.1, 0.15) is 5.75 Å². The Morgan fingerprint density at radius 2 is 2.08 bits per heavy atom. The highest BCUT2D eigenvalue weighted by molar-refractivity contribution is 5.75. The van der Waals surface area contributed by atoms with Gasteiger partial charge in [0.2, 0.25) is 0 Å². The van der Waals surface area contributed by atoms with Crippen molar-refractivity contribution in [3.8, 4) is 5.75 Å². The second-order valence-electron chi connectivity index (χ2n) is 7.23. The fourth-order valence-electron chi connectivity index (χ4n) is 3.52.